The Hall–Kier alpha value is -3.15. The Balaban J connectivity index is 1.86. The van der Waals surface area contributed by atoms with Gasteiger partial charge in [-0.05, 0) is 17.7 Å². The van der Waals surface area contributed by atoms with Crippen molar-refractivity contribution >= 4 is 29.0 Å². The molecule has 0 spiro atoms. The maximum Gasteiger partial charge on any atom is 0.232 e. The summed E-state index contributed by atoms with van der Waals surface area (Å²) in [4.78, 5) is 37.1. The molecule has 0 aliphatic heterocycles. The number of Topliss-reactive ketones (excluding diaryl/α,β-unsaturated/α-hetero) is 1. The lowest BCUT2D eigenvalue weighted by atomic mass is 10.0. The lowest BCUT2D eigenvalue weighted by Gasteiger charge is -2.17. The van der Waals surface area contributed by atoms with E-state index < -0.39 is 5.92 Å². The summed E-state index contributed by atoms with van der Waals surface area (Å²) in [5, 5.41) is 5.66. The Bertz CT molecular complexity index is 905. The highest BCUT2D eigenvalue weighted by Crippen LogP contribution is 2.35. The maximum atomic E-state index is 12.8. The Morgan fingerprint density at radius 2 is 1.81 bits per heavy atom. The van der Waals surface area contributed by atoms with Crippen molar-refractivity contribution in [2.45, 2.75) is 26.2 Å². The van der Waals surface area contributed by atoms with Gasteiger partial charge < -0.3 is 15.4 Å². The molecule has 1 aliphatic carbocycles. The number of carbonyl (C=O) groups excluding carboxylic acids is 3. The Kier molecular flexibility index (Phi) is 5.26. The van der Waals surface area contributed by atoms with Gasteiger partial charge in [0.2, 0.25) is 11.8 Å². The lowest BCUT2D eigenvalue weighted by Crippen LogP contribution is -2.22. The summed E-state index contributed by atoms with van der Waals surface area (Å²) < 4.78 is 5.21. The standard InChI is InChI=1S/C21H22N2O4/c1-12(2)20(25)23-18-10-13(27-3)8-9-17(18)22-21(26)16-11-19(24)15-7-5-4-6-14(15)16/h4-10,12,16H,11H2,1-3H3,(H,22,26)(H,23,25)/t16-/m0/s1. The van der Waals surface area contributed by atoms with E-state index in [-0.39, 0.29) is 29.9 Å². The van der Waals surface area contributed by atoms with Gasteiger partial charge >= 0.3 is 0 Å². The van der Waals surface area contributed by atoms with Crippen LogP contribution in [0.1, 0.15) is 42.1 Å². The van der Waals surface area contributed by atoms with Crippen LogP contribution in [0.25, 0.3) is 0 Å². The number of fused-ring (bicyclic) bond motifs is 1. The number of ether oxygens (including phenoxy) is 1. The van der Waals surface area contributed by atoms with E-state index >= 15 is 0 Å². The highest BCUT2D eigenvalue weighted by Gasteiger charge is 2.34. The van der Waals surface area contributed by atoms with Crippen LogP contribution in [-0.4, -0.2) is 24.7 Å². The average molecular weight is 366 g/mol. The van der Waals surface area contributed by atoms with E-state index in [4.69, 9.17) is 4.74 Å². The fourth-order valence-corrected chi connectivity index (χ4v) is 3.05. The molecule has 6 heteroatoms. The second kappa shape index (κ2) is 7.61. The van der Waals surface area contributed by atoms with E-state index in [1.165, 1.54) is 7.11 Å². The zero-order valence-electron chi connectivity index (χ0n) is 15.5. The molecular formula is C21H22N2O4. The molecule has 0 radical (unpaired) electrons. The summed E-state index contributed by atoms with van der Waals surface area (Å²) >= 11 is 0. The quantitative estimate of drug-likeness (QED) is 0.847. The van der Waals surface area contributed by atoms with Crippen LogP contribution in [0.2, 0.25) is 0 Å². The molecule has 2 N–H and O–H groups in total. The summed E-state index contributed by atoms with van der Waals surface area (Å²) in [6.45, 7) is 3.57. The monoisotopic (exact) mass is 366 g/mol. The largest absolute Gasteiger partial charge is 0.497 e. The van der Waals surface area contributed by atoms with Gasteiger partial charge in [-0.3, -0.25) is 14.4 Å². The van der Waals surface area contributed by atoms with Crippen molar-refractivity contribution in [2.24, 2.45) is 5.92 Å². The highest BCUT2D eigenvalue weighted by atomic mass is 16.5. The van der Waals surface area contributed by atoms with Crippen molar-refractivity contribution in [3.63, 3.8) is 0 Å². The van der Waals surface area contributed by atoms with E-state index in [1.807, 2.05) is 6.07 Å². The van der Waals surface area contributed by atoms with Gasteiger partial charge in [-0.25, -0.2) is 0 Å². The predicted octanol–water partition coefficient (Wildman–Crippen LogP) is 3.60. The molecule has 0 saturated carbocycles. The summed E-state index contributed by atoms with van der Waals surface area (Å²) in [6, 6.07) is 12.2. The van der Waals surface area contributed by atoms with E-state index in [0.29, 0.717) is 22.7 Å². The smallest absolute Gasteiger partial charge is 0.232 e. The molecule has 2 amide bonds. The van der Waals surface area contributed by atoms with Crippen molar-refractivity contribution < 1.29 is 19.1 Å². The maximum absolute atomic E-state index is 12.8. The topological polar surface area (TPSA) is 84.5 Å². The van der Waals surface area contributed by atoms with Crippen LogP contribution >= 0.6 is 0 Å². The van der Waals surface area contributed by atoms with E-state index in [9.17, 15) is 14.4 Å². The van der Waals surface area contributed by atoms with E-state index in [1.54, 1.807) is 50.2 Å². The summed E-state index contributed by atoms with van der Waals surface area (Å²) in [7, 11) is 1.53. The molecule has 0 fully saturated rings. The number of amides is 2. The number of methoxy groups -OCH3 is 1. The second-order valence-corrected chi connectivity index (χ2v) is 6.81. The van der Waals surface area contributed by atoms with Crippen LogP contribution < -0.4 is 15.4 Å². The minimum atomic E-state index is -0.538. The minimum absolute atomic E-state index is 0.0335. The van der Waals surface area contributed by atoms with E-state index in [0.717, 1.165) is 5.56 Å². The predicted molar refractivity (Wildman–Crippen MR) is 103 cm³/mol. The second-order valence-electron chi connectivity index (χ2n) is 6.81. The summed E-state index contributed by atoms with van der Waals surface area (Å²) in [6.07, 6.45) is 0.148. The van der Waals surface area contributed by atoms with Crippen molar-refractivity contribution in [3.8, 4) is 5.75 Å². The summed E-state index contributed by atoms with van der Waals surface area (Å²) in [5.41, 5.74) is 2.26. The molecular weight excluding hydrogens is 344 g/mol. The number of rotatable bonds is 5. The van der Waals surface area contributed by atoms with Crippen LogP contribution in [-0.2, 0) is 9.59 Å². The molecule has 140 valence electrons. The first kappa shape index (κ1) is 18.6. The average Bonchev–Trinajstić information content (AvgIpc) is 3.00. The third-order valence-electron chi connectivity index (χ3n) is 4.61. The van der Waals surface area contributed by atoms with Gasteiger partial charge in [0.05, 0.1) is 24.4 Å². The number of nitrogens with one attached hydrogen (secondary N) is 2. The van der Waals surface area contributed by atoms with Gasteiger partial charge in [-0.2, -0.15) is 0 Å². The van der Waals surface area contributed by atoms with E-state index in [2.05, 4.69) is 10.6 Å². The Morgan fingerprint density at radius 1 is 1.07 bits per heavy atom. The van der Waals surface area contributed by atoms with Gasteiger partial charge in [0, 0.05) is 24.0 Å². The first-order chi connectivity index (χ1) is 12.9. The number of hydrogen-bond acceptors (Lipinski definition) is 4. The van der Waals surface area contributed by atoms with Gasteiger partial charge in [0.1, 0.15) is 5.75 Å². The molecule has 1 atom stereocenters. The minimum Gasteiger partial charge on any atom is -0.497 e. The molecule has 0 aromatic heterocycles. The van der Waals surface area contributed by atoms with Crippen LogP contribution in [0.15, 0.2) is 42.5 Å². The molecule has 1 aliphatic rings. The SMILES string of the molecule is COc1ccc(NC(=O)[C@H]2CC(=O)c3ccccc32)c(NC(=O)C(C)C)c1. The van der Waals surface area contributed by atoms with Crippen LogP contribution in [0.3, 0.4) is 0 Å². The van der Waals surface area contributed by atoms with Crippen molar-refractivity contribution in [2.75, 3.05) is 17.7 Å². The third-order valence-corrected chi connectivity index (χ3v) is 4.61. The first-order valence-corrected chi connectivity index (χ1v) is 8.82. The zero-order chi connectivity index (χ0) is 19.6. The zero-order valence-corrected chi connectivity index (χ0v) is 15.5. The number of anilines is 2. The Labute approximate surface area is 157 Å². The normalized spacial score (nSPS) is 15.4. The fraction of sp³-hybridized carbons (Fsp3) is 0.286. The molecule has 0 saturated heterocycles. The van der Waals surface area contributed by atoms with Gasteiger partial charge in [-0.15, -0.1) is 0 Å². The molecule has 6 nitrogen and oxygen atoms in total. The van der Waals surface area contributed by atoms with Crippen molar-refractivity contribution in [3.05, 3.63) is 53.6 Å². The van der Waals surface area contributed by atoms with Crippen LogP contribution in [0.4, 0.5) is 11.4 Å². The fourth-order valence-electron chi connectivity index (χ4n) is 3.05. The molecule has 2 aromatic rings. The molecule has 2 aromatic carbocycles. The molecule has 0 heterocycles. The van der Waals surface area contributed by atoms with Gasteiger partial charge in [0.25, 0.3) is 0 Å². The van der Waals surface area contributed by atoms with Crippen molar-refractivity contribution in [1.82, 2.24) is 0 Å². The van der Waals surface area contributed by atoms with Crippen LogP contribution in [0, 0.1) is 5.92 Å². The number of benzene rings is 2. The van der Waals surface area contributed by atoms with Crippen LogP contribution in [0.5, 0.6) is 5.75 Å². The molecule has 0 unspecified atom stereocenters. The number of carbonyl (C=O) groups is 3. The number of hydrogen-bond donors (Lipinski definition) is 2. The van der Waals surface area contributed by atoms with Crippen molar-refractivity contribution in [1.29, 1.82) is 0 Å². The third kappa shape index (κ3) is 3.84. The molecule has 27 heavy (non-hydrogen) atoms. The summed E-state index contributed by atoms with van der Waals surface area (Å²) in [5.74, 6) is -0.663. The lowest BCUT2D eigenvalue weighted by molar-refractivity contribution is -0.119. The first-order valence-electron chi connectivity index (χ1n) is 8.82. The van der Waals surface area contributed by atoms with Gasteiger partial charge in [-0.1, -0.05) is 38.1 Å². The highest BCUT2D eigenvalue weighted by molar-refractivity contribution is 6.10. The molecule has 0 bridgehead atoms. The van der Waals surface area contributed by atoms with Gasteiger partial charge in [0.15, 0.2) is 5.78 Å². The Morgan fingerprint density at radius 3 is 2.52 bits per heavy atom. The molecule has 3 rings (SSSR count). The number of ketones is 1.